The van der Waals surface area contributed by atoms with E-state index in [1.165, 1.54) is 11.1 Å². The summed E-state index contributed by atoms with van der Waals surface area (Å²) in [7, 11) is 0. The summed E-state index contributed by atoms with van der Waals surface area (Å²) in [4.78, 5) is 11.8. The molecule has 212 valence electrons. The Morgan fingerprint density at radius 1 is 0.683 bits per heavy atom. The second-order valence-electron chi connectivity index (χ2n) is 12.2. The summed E-state index contributed by atoms with van der Waals surface area (Å²) in [6.45, 7) is 13.5. The SMILES string of the molecule is CC(C)(C)c1cc(N(c2[c-]c(-c3ccccc3O)ccc2)c2cccc(-c3ccccn3)n2)cc(C(C)(C)C)c1.[Pt]. The van der Waals surface area contributed by atoms with Gasteiger partial charge in [-0.05, 0) is 70.1 Å². The van der Waals surface area contributed by atoms with Crippen LogP contribution < -0.4 is 4.90 Å². The van der Waals surface area contributed by atoms with E-state index in [-0.39, 0.29) is 37.6 Å². The van der Waals surface area contributed by atoms with Crippen LogP contribution in [0.3, 0.4) is 0 Å². The minimum Gasteiger partial charge on any atom is -0.517 e. The van der Waals surface area contributed by atoms with Crippen LogP contribution in [0.1, 0.15) is 52.7 Å². The van der Waals surface area contributed by atoms with Gasteiger partial charge in [0.1, 0.15) is 5.82 Å². The molecule has 5 rings (SSSR count). The summed E-state index contributed by atoms with van der Waals surface area (Å²) in [6, 6.07) is 35.7. The van der Waals surface area contributed by atoms with Crippen molar-refractivity contribution in [3.8, 4) is 28.3 Å². The van der Waals surface area contributed by atoms with Gasteiger partial charge in [0.25, 0.3) is 0 Å². The first-order chi connectivity index (χ1) is 19.0. The zero-order chi connectivity index (χ0) is 28.5. The topological polar surface area (TPSA) is 49.2 Å². The Labute approximate surface area is 258 Å². The fourth-order valence-corrected chi connectivity index (χ4v) is 4.65. The van der Waals surface area contributed by atoms with E-state index >= 15 is 0 Å². The number of nitrogens with zero attached hydrogens (tertiary/aromatic N) is 3. The summed E-state index contributed by atoms with van der Waals surface area (Å²) in [5.41, 5.74) is 7.39. The van der Waals surface area contributed by atoms with Crippen molar-refractivity contribution in [2.75, 3.05) is 4.90 Å². The first kappa shape index (κ1) is 30.2. The number of phenols is 1. The van der Waals surface area contributed by atoms with Crippen LogP contribution in [-0.2, 0) is 31.9 Å². The van der Waals surface area contributed by atoms with Crippen molar-refractivity contribution in [2.24, 2.45) is 0 Å². The summed E-state index contributed by atoms with van der Waals surface area (Å²) >= 11 is 0. The molecule has 0 bridgehead atoms. The van der Waals surface area contributed by atoms with Crippen molar-refractivity contribution in [3.63, 3.8) is 0 Å². The zero-order valence-corrected chi connectivity index (χ0v) is 26.7. The van der Waals surface area contributed by atoms with Crippen molar-refractivity contribution < 1.29 is 26.2 Å². The molecule has 4 nitrogen and oxygen atoms in total. The summed E-state index contributed by atoms with van der Waals surface area (Å²) in [5.74, 6) is 0.988. The van der Waals surface area contributed by atoms with Crippen LogP contribution in [0.5, 0.6) is 5.75 Å². The van der Waals surface area contributed by atoms with Gasteiger partial charge in [0.15, 0.2) is 0 Å². The molecule has 0 saturated carbocycles. The van der Waals surface area contributed by atoms with E-state index in [9.17, 15) is 5.11 Å². The van der Waals surface area contributed by atoms with Crippen molar-refractivity contribution in [3.05, 3.63) is 120 Å². The van der Waals surface area contributed by atoms with Crippen LogP contribution in [0.4, 0.5) is 17.2 Å². The molecule has 2 heterocycles. The van der Waals surface area contributed by atoms with E-state index < -0.39 is 0 Å². The minimum absolute atomic E-state index is 0. The third kappa shape index (κ3) is 6.77. The fraction of sp³-hybridized carbons (Fsp3) is 0.222. The number of aromatic hydroxyl groups is 1. The number of pyridine rings is 2. The van der Waals surface area contributed by atoms with Crippen LogP contribution >= 0.6 is 0 Å². The molecule has 0 amide bonds. The second-order valence-corrected chi connectivity index (χ2v) is 12.2. The smallest absolute Gasteiger partial charge is 0.136 e. The van der Waals surface area contributed by atoms with E-state index in [4.69, 9.17) is 4.98 Å². The Morgan fingerprint density at radius 3 is 1.95 bits per heavy atom. The molecule has 5 aromatic rings. The molecule has 0 aliphatic heterocycles. The van der Waals surface area contributed by atoms with Crippen LogP contribution in [0.2, 0.25) is 0 Å². The van der Waals surface area contributed by atoms with Gasteiger partial charge in [-0.1, -0.05) is 83.5 Å². The average Bonchev–Trinajstić information content (AvgIpc) is 2.93. The molecule has 0 aliphatic carbocycles. The number of benzene rings is 3. The molecule has 0 unspecified atom stereocenters. The molecule has 2 aromatic heterocycles. The normalized spacial score (nSPS) is 11.6. The Hall–Kier alpha value is -3.75. The van der Waals surface area contributed by atoms with Crippen molar-refractivity contribution in [1.29, 1.82) is 0 Å². The van der Waals surface area contributed by atoms with Gasteiger partial charge in [0.05, 0.1) is 17.1 Å². The quantitative estimate of drug-likeness (QED) is 0.184. The number of anilines is 3. The molecular formula is C36H36N3OPt-. The van der Waals surface area contributed by atoms with Crippen LogP contribution in [0.15, 0.2) is 103 Å². The monoisotopic (exact) mass is 721 g/mol. The fourth-order valence-electron chi connectivity index (χ4n) is 4.65. The number of para-hydroxylation sites is 1. The van der Waals surface area contributed by atoms with Crippen molar-refractivity contribution in [2.45, 2.75) is 52.4 Å². The number of rotatable bonds is 5. The van der Waals surface area contributed by atoms with Crippen LogP contribution in [-0.4, -0.2) is 15.1 Å². The van der Waals surface area contributed by atoms with Gasteiger partial charge in [0.2, 0.25) is 0 Å². The third-order valence-corrected chi connectivity index (χ3v) is 7.01. The Kier molecular flexibility index (Phi) is 8.85. The van der Waals surface area contributed by atoms with Crippen LogP contribution in [0.25, 0.3) is 22.5 Å². The maximum atomic E-state index is 10.6. The van der Waals surface area contributed by atoms with Crippen molar-refractivity contribution >= 4 is 17.2 Å². The van der Waals surface area contributed by atoms with E-state index in [1.807, 2.05) is 72.8 Å². The first-order valence-corrected chi connectivity index (χ1v) is 13.7. The summed E-state index contributed by atoms with van der Waals surface area (Å²) in [5, 5.41) is 10.6. The molecule has 0 spiro atoms. The molecule has 0 saturated heterocycles. The molecule has 5 heteroatoms. The predicted molar refractivity (Wildman–Crippen MR) is 165 cm³/mol. The van der Waals surface area contributed by atoms with Gasteiger partial charge in [0, 0.05) is 32.9 Å². The Balaban J connectivity index is 0.00000387. The molecule has 0 atom stereocenters. The van der Waals surface area contributed by atoms with Crippen molar-refractivity contribution in [1.82, 2.24) is 9.97 Å². The van der Waals surface area contributed by atoms with Gasteiger partial charge >= 0.3 is 0 Å². The molecule has 3 aromatic carbocycles. The van der Waals surface area contributed by atoms with E-state index in [0.29, 0.717) is 0 Å². The molecule has 1 N–H and O–H groups in total. The molecule has 41 heavy (non-hydrogen) atoms. The number of phenolic OH excluding ortho intramolecular Hbond substituents is 1. The predicted octanol–water partition coefficient (Wildman–Crippen LogP) is 9.38. The Morgan fingerprint density at radius 2 is 1.32 bits per heavy atom. The zero-order valence-electron chi connectivity index (χ0n) is 24.4. The van der Waals surface area contributed by atoms with Crippen LogP contribution in [0, 0.1) is 6.07 Å². The first-order valence-electron chi connectivity index (χ1n) is 13.7. The minimum atomic E-state index is -0.0493. The van der Waals surface area contributed by atoms with E-state index in [2.05, 4.69) is 75.7 Å². The maximum absolute atomic E-state index is 10.6. The third-order valence-electron chi connectivity index (χ3n) is 7.01. The van der Waals surface area contributed by atoms with Gasteiger partial charge in [-0.15, -0.1) is 29.8 Å². The average molecular weight is 722 g/mol. The van der Waals surface area contributed by atoms with Gasteiger partial charge in [-0.25, -0.2) is 4.98 Å². The van der Waals surface area contributed by atoms with Gasteiger partial charge < -0.3 is 10.0 Å². The number of hydrogen-bond acceptors (Lipinski definition) is 4. The Bertz CT molecular complexity index is 1600. The maximum Gasteiger partial charge on any atom is 0.136 e. The number of aromatic nitrogens is 2. The van der Waals surface area contributed by atoms with E-state index in [0.717, 1.165) is 39.7 Å². The molecular weight excluding hydrogens is 685 g/mol. The van der Waals surface area contributed by atoms with E-state index in [1.54, 1.807) is 12.3 Å². The molecule has 0 aliphatic rings. The van der Waals surface area contributed by atoms with Gasteiger partial charge in [-0.3, -0.25) is 4.98 Å². The molecule has 0 fully saturated rings. The number of hydrogen-bond donors (Lipinski definition) is 1. The largest absolute Gasteiger partial charge is 0.517 e. The molecule has 0 radical (unpaired) electrons. The second kappa shape index (κ2) is 12.0. The standard InChI is InChI=1S/C36H36N3O.Pt/c1-35(2,3)26-22-27(36(4,5)6)24-29(23-26)39(34-19-12-17-32(38-34)31-16-9-10-20-37-31)28-14-11-13-25(21-28)30-15-7-8-18-33(30)40;/h7-20,22-24,40H,1-6H3;/q-1;. The van der Waals surface area contributed by atoms with Gasteiger partial charge in [-0.2, -0.15) is 0 Å². The summed E-state index contributed by atoms with van der Waals surface area (Å²) < 4.78 is 0. The summed E-state index contributed by atoms with van der Waals surface area (Å²) in [6.07, 6.45) is 1.79.